The molecule has 2 heterocycles. The number of sulfonamides is 1. The summed E-state index contributed by atoms with van der Waals surface area (Å²) in [5, 5.41) is 5.09. The second-order valence-electron chi connectivity index (χ2n) is 6.78. The van der Waals surface area contributed by atoms with Crippen molar-refractivity contribution >= 4 is 21.8 Å². The van der Waals surface area contributed by atoms with E-state index in [2.05, 4.69) is 4.98 Å². The zero-order valence-electron chi connectivity index (χ0n) is 15.6. The maximum atomic E-state index is 12.9. The Morgan fingerprint density at radius 3 is 1.75 bits per heavy atom. The molecule has 1 fully saturated rings. The second kappa shape index (κ2) is 7.69. The molecule has 0 aliphatic carbocycles. The molecule has 0 saturated carbocycles. The molecule has 2 aromatic rings. The van der Waals surface area contributed by atoms with E-state index in [0.29, 0.717) is 24.2 Å². The lowest BCUT2D eigenvalue weighted by molar-refractivity contribution is 0.0241. The monoisotopic (exact) mass is 402 g/mol. The minimum atomic E-state index is -3.81. The van der Waals surface area contributed by atoms with Crippen LogP contribution >= 0.6 is 0 Å². The predicted molar refractivity (Wildman–Crippen MR) is 103 cm³/mol. The highest BCUT2D eigenvalue weighted by molar-refractivity contribution is 7.89. The molecule has 28 heavy (non-hydrogen) atoms. The summed E-state index contributed by atoms with van der Waals surface area (Å²) in [7, 11) is -3.81. The number of piperazine rings is 1. The number of nitrogens with two attached hydrogens (primary N) is 1. The van der Waals surface area contributed by atoms with Crippen molar-refractivity contribution in [3.63, 3.8) is 0 Å². The van der Waals surface area contributed by atoms with Gasteiger partial charge in [0.15, 0.2) is 0 Å². The van der Waals surface area contributed by atoms with E-state index < -0.39 is 10.0 Å². The van der Waals surface area contributed by atoms with Gasteiger partial charge in [-0.25, -0.2) is 13.6 Å². The van der Waals surface area contributed by atoms with Crippen molar-refractivity contribution in [3.8, 4) is 0 Å². The molecule has 0 radical (unpaired) electrons. The lowest BCUT2D eigenvalue weighted by Crippen LogP contribution is -2.60. The number of hydrogen-bond acceptors (Lipinski definition) is 5. The van der Waals surface area contributed by atoms with Crippen LogP contribution in [0.3, 0.4) is 0 Å². The molecule has 9 heteroatoms. The zero-order chi connectivity index (χ0) is 20.5. The Kier molecular flexibility index (Phi) is 5.48. The Bertz CT molecular complexity index is 977. The summed E-state index contributed by atoms with van der Waals surface area (Å²) < 4.78 is 22.7. The molecule has 1 aromatic carbocycles. The predicted octanol–water partition coefficient (Wildman–Crippen LogP) is 1.10. The summed E-state index contributed by atoms with van der Waals surface area (Å²) in [5.74, 6) is -0.303. The van der Waals surface area contributed by atoms with Crippen LogP contribution in [0.15, 0.2) is 53.7 Å². The fraction of sp³-hybridized carbons (Fsp3) is 0.316. The van der Waals surface area contributed by atoms with Gasteiger partial charge in [-0.05, 0) is 50.2 Å². The minimum Gasteiger partial charge on any atom is -0.332 e. The lowest BCUT2D eigenvalue weighted by Gasteiger charge is -2.45. The van der Waals surface area contributed by atoms with Crippen LogP contribution in [0.4, 0.5) is 0 Å². The molecule has 0 bridgehead atoms. The fourth-order valence-electron chi connectivity index (χ4n) is 3.33. The smallest absolute Gasteiger partial charge is 0.254 e. The average molecular weight is 402 g/mol. The summed E-state index contributed by atoms with van der Waals surface area (Å²) in [4.78, 5) is 33.0. The quantitative estimate of drug-likeness (QED) is 0.826. The molecule has 0 unspecified atom stereocenters. The lowest BCUT2D eigenvalue weighted by atomic mass is 10.0. The van der Waals surface area contributed by atoms with Crippen molar-refractivity contribution in [1.29, 1.82) is 0 Å². The van der Waals surface area contributed by atoms with Crippen LogP contribution in [-0.2, 0) is 10.0 Å². The normalized spacial score (nSPS) is 20.1. The van der Waals surface area contributed by atoms with Gasteiger partial charge in [0.1, 0.15) is 0 Å². The molecule has 1 saturated heterocycles. The van der Waals surface area contributed by atoms with E-state index in [9.17, 15) is 18.0 Å². The van der Waals surface area contributed by atoms with Crippen molar-refractivity contribution in [2.24, 2.45) is 5.14 Å². The summed E-state index contributed by atoms with van der Waals surface area (Å²) in [5.41, 5.74) is 0.938. The summed E-state index contributed by atoms with van der Waals surface area (Å²) in [6.45, 7) is 4.60. The fourth-order valence-corrected chi connectivity index (χ4v) is 3.85. The summed E-state index contributed by atoms with van der Waals surface area (Å²) >= 11 is 0. The van der Waals surface area contributed by atoms with E-state index in [1.54, 1.807) is 34.3 Å². The first kappa shape index (κ1) is 20.0. The van der Waals surface area contributed by atoms with Gasteiger partial charge in [-0.15, -0.1) is 0 Å². The average Bonchev–Trinajstić information content (AvgIpc) is 2.69. The van der Waals surface area contributed by atoms with Crippen LogP contribution in [0.25, 0.3) is 0 Å². The van der Waals surface area contributed by atoms with E-state index in [0.717, 1.165) is 0 Å². The number of rotatable bonds is 3. The van der Waals surface area contributed by atoms with Crippen LogP contribution in [0.5, 0.6) is 0 Å². The van der Waals surface area contributed by atoms with E-state index >= 15 is 0 Å². The van der Waals surface area contributed by atoms with Crippen LogP contribution in [-0.4, -0.2) is 60.2 Å². The Hall–Kier alpha value is -2.78. The number of carbonyl (C=O) groups is 2. The highest BCUT2D eigenvalue weighted by atomic mass is 32.2. The molecule has 1 aliphatic heterocycles. The molecule has 2 N–H and O–H groups in total. The largest absolute Gasteiger partial charge is 0.332 e. The molecule has 2 amide bonds. The van der Waals surface area contributed by atoms with Gasteiger partial charge >= 0.3 is 0 Å². The maximum Gasteiger partial charge on any atom is 0.254 e. The van der Waals surface area contributed by atoms with Crippen molar-refractivity contribution in [2.75, 3.05) is 13.1 Å². The minimum absolute atomic E-state index is 0.0433. The second-order valence-corrected chi connectivity index (χ2v) is 8.34. The Morgan fingerprint density at radius 2 is 1.32 bits per heavy atom. The number of aromatic nitrogens is 1. The van der Waals surface area contributed by atoms with Gasteiger partial charge in [0.2, 0.25) is 10.0 Å². The van der Waals surface area contributed by atoms with E-state index in [4.69, 9.17) is 5.14 Å². The molecule has 1 aromatic heterocycles. The van der Waals surface area contributed by atoms with Gasteiger partial charge in [0.05, 0.1) is 4.90 Å². The summed E-state index contributed by atoms with van der Waals surface area (Å²) in [6, 6.07) is 8.50. The first-order valence-electron chi connectivity index (χ1n) is 8.85. The van der Waals surface area contributed by atoms with Gasteiger partial charge in [0.25, 0.3) is 11.8 Å². The van der Waals surface area contributed by atoms with Crippen molar-refractivity contribution in [1.82, 2.24) is 14.8 Å². The van der Waals surface area contributed by atoms with Crippen LogP contribution in [0, 0.1) is 0 Å². The van der Waals surface area contributed by atoms with Gasteiger partial charge in [-0.2, -0.15) is 0 Å². The van der Waals surface area contributed by atoms with E-state index in [1.807, 2.05) is 13.8 Å². The van der Waals surface area contributed by atoms with E-state index in [1.165, 1.54) is 24.3 Å². The van der Waals surface area contributed by atoms with Crippen molar-refractivity contribution in [2.45, 2.75) is 30.8 Å². The molecule has 148 valence electrons. The number of hydrogen-bond donors (Lipinski definition) is 1. The first-order chi connectivity index (χ1) is 13.2. The third-order valence-electron chi connectivity index (χ3n) is 5.14. The van der Waals surface area contributed by atoms with Gasteiger partial charge in [-0.1, -0.05) is 0 Å². The van der Waals surface area contributed by atoms with Crippen molar-refractivity contribution < 1.29 is 18.0 Å². The van der Waals surface area contributed by atoms with Crippen LogP contribution in [0.1, 0.15) is 34.6 Å². The molecular formula is C19H22N4O4S. The molecule has 3 rings (SSSR count). The maximum absolute atomic E-state index is 12.9. The number of pyridine rings is 1. The zero-order valence-corrected chi connectivity index (χ0v) is 16.5. The third-order valence-corrected chi connectivity index (χ3v) is 6.07. The Labute approximate surface area is 164 Å². The standard InChI is InChI=1S/C19H22N4O4S/c1-13-14(2)23(19(25)16-7-9-21-10-8-16)12-11-22(13)18(24)15-3-5-17(6-4-15)28(20,26)27/h3-10,13-14H,11-12H2,1-2H3,(H2,20,26,27)/t13-,14+/m0/s1. The van der Waals surface area contributed by atoms with Crippen molar-refractivity contribution in [3.05, 3.63) is 59.9 Å². The Balaban J connectivity index is 1.75. The topological polar surface area (TPSA) is 114 Å². The summed E-state index contributed by atoms with van der Waals surface area (Å²) in [6.07, 6.45) is 3.15. The molecule has 1 aliphatic rings. The number of carbonyl (C=O) groups excluding carboxylic acids is 2. The van der Waals surface area contributed by atoms with E-state index in [-0.39, 0.29) is 28.8 Å². The number of nitrogens with zero attached hydrogens (tertiary/aromatic N) is 3. The van der Waals surface area contributed by atoms with Gasteiger partial charge in [-0.3, -0.25) is 14.6 Å². The highest BCUT2D eigenvalue weighted by Crippen LogP contribution is 2.22. The first-order valence-corrected chi connectivity index (χ1v) is 10.4. The molecule has 0 spiro atoms. The number of benzene rings is 1. The Morgan fingerprint density at radius 1 is 0.893 bits per heavy atom. The SMILES string of the molecule is C[C@@H]1[C@H](C)N(C(=O)c2ccc(S(N)(=O)=O)cc2)CCN1C(=O)c1ccncc1. The molecular weight excluding hydrogens is 380 g/mol. The number of amides is 2. The third kappa shape index (κ3) is 3.90. The number of primary sulfonamides is 1. The van der Waals surface area contributed by atoms with Crippen LogP contribution in [0.2, 0.25) is 0 Å². The molecule has 8 nitrogen and oxygen atoms in total. The van der Waals surface area contributed by atoms with Crippen LogP contribution < -0.4 is 5.14 Å². The van der Waals surface area contributed by atoms with Gasteiger partial charge < -0.3 is 9.80 Å². The highest BCUT2D eigenvalue weighted by Gasteiger charge is 2.36. The molecule has 2 atom stereocenters. The van der Waals surface area contributed by atoms with Gasteiger partial charge in [0, 0.05) is 48.7 Å².